The molecule has 0 aliphatic heterocycles. The summed E-state index contributed by atoms with van der Waals surface area (Å²) in [6.45, 7) is 1.70. The van der Waals surface area contributed by atoms with E-state index in [4.69, 9.17) is 5.26 Å². The highest BCUT2D eigenvalue weighted by Crippen LogP contribution is 2.29. The fourth-order valence-electron chi connectivity index (χ4n) is 1.33. The molecule has 4 heteroatoms. The van der Waals surface area contributed by atoms with Crippen molar-refractivity contribution in [3.8, 4) is 11.8 Å². The van der Waals surface area contributed by atoms with Crippen molar-refractivity contribution in [1.29, 1.82) is 5.26 Å². The number of hydrogen-bond donors (Lipinski definition) is 3. The summed E-state index contributed by atoms with van der Waals surface area (Å²) >= 11 is 0. The molecule has 0 aliphatic rings. The highest BCUT2D eigenvalue weighted by molar-refractivity contribution is 5.41. The lowest BCUT2D eigenvalue weighted by molar-refractivity contribution is 0.0202. The van der Waals surface area contributed by atoms with Crippen molar-refractivity contribution in [3.05, 3.63) is 29.3 Å². The summed E-state index contributed by atoms with van der Waals surface area (Å²) in [4.78, 5) is 0. The van der Waals surface area contributed by atoms with Gasteiger partial charge < -0.3 is 15.3 Å². The van der Waals surface area contributed by atoms with Crippen molar-refractivity contribution >= 4 is 0 Å². The predicted molar refractivity (Wildman–Crippen MR) is 54.0 cm³/mol. The normalized spacial score (nSPS) is 14.3. The van der Waals surface area contributed by atoms with E-state index in [1.54, 1.807) is 25.1 Å². The molecule has 1 aromatic rings. The fourth-order valence-corrected chi connectivity index (χ4v) is 1.33. The second-order valence-corrected chi connectivity index (χ2v) is 3.39. The van der Waals surface area contributed by atoms with Gasteiger partial charge in [0.2, 0.25) is 0 Å². The maximum Gasteiger partial charge on any atom is 0.124 e. The standard InChI is InChI=1S/C11H13NO3/c1-7-3-2-4-8(10(7)14)11(15)9(13)5-6-12/h2-4,9,11,13-15H,5H2,1H3. The maximum absolute atomic E-state index is 9.66. The third kappa shape index (κ3) is 2.46. The molecule has 0 aliphatic carbocycles. The first kappa shape index (κ1) is 11.5. The topological polar surface area (TPSA) is 84.5 Å². The molecule has 0 saturated heterocycles. The van der Waals surface area contributed by atoms with E-state index < -0.39 is 12.2 Å². The highest BCUT2D eigenvalue weighted by atomic mass is 16.3. The van der Waals surface area contributed by atoms with Crippen molar-refractivity contribution in [2.75, 3.05) is 0 Å². The van der Waals surface area contributed by atoms with Gasteiger partial charge in [0.15, 0.2) is 0 Å². The molecule has 0 amide bonds. The Morgan fingerprint density at radius 3 is 2.67 bits per heavy atom. The van der Waals surface area contributed by atoms with Gasteiger partial charge in [-0.25, -0.2) is 0 Å². The van der Waals surface area contributed by atoms with Gasteiger partial charge in [0.1, 0.15) is 11.9 Å². The summed E-state index contributed by atoms with van der Waals surface area (Å²) in [5.74, 6) is -0.0398. The molecule has 4 nitrogen and oxygen atoms in total. The SMILES string of the molecule is Cc1cccc(C(O)C(O)CC#N)c1O. The average molecular weight is 207 g/mol. The number of para-hydroxylation sites is 1. The molecule has 0 saturated carbocycles. The molecule has 15 heavy (non-hydrogen) atoms. The molecule has 3 N–H and O–H groups in total. The highest BCUT2D eigenvalue weighted by Gasteiger charge is 2.21. The van der Waals surface area contributed by atoms with Gasteiger partial charge in [-0.15, -0.1) is 0 Å². The Balaban J connectivity index is 2.96. The van der Waals surface area contributed by atoms with Crippen LogP contribution in [0, 0.1) is 18.3 Å². The van der Waals surface area contributed by atoms with E-state index in [0.717, 1.165) is 0 Å². The number of rotatable bonds is 3. The number of aromatic hydroxyl groups is 1. The second kappa shape index (κ2) is 4.78. The predicted octanol–water partition coefficient (Wildman–Crippen LogP) is 1.01. The molecule has 1 aromatic carbocycles. The number of aryl methyl sites for hydroxylation is 1. The summed E-state index contributed by atoms with van der Waals surface area (Å²) in [7, 11) is 0. The first-order chi connectivity index (χ1) is 7.07. The van der Waals surface area contributed by atoms with Gasteiger partial charge in [-0.3, -0.25) is 0 Å². The number of phenolic OH excluding ortho intramolecular Hbond substituents is 1. The lowest BCUT2D eigenvalue weighted by Gasteiger charge is -2.17. The summed E-state index contributed by atoms with van der Waals surface area (Å²) in [5, 5.41) is 37.1. The quantitative estimate of drug-likeness (QED) is 0.690. The van der Waals surface area contributed by atoms with Crippen molar-refractivity contribution in [3.63, 3.8) is 0 Å². The van der Waals surface area contributed by atoms with Crippen LogP contribution in [-0.4, -0.2) is 21.4 Å². The minimum Gasteiger partial charge on any atom is -0.507 e. The molecule has 0 heterocycles. The molecular weight excluding hydrogens is 194 g/mol. The molecule has 0 spiro atoms. The van der Waals surface area contributed by atoms with E-state index in [1.165, 1.54) is 6.07 Å². The van der Waals surface area contributed by atoms with Crippen LogP contribution in [0.1, 0.15) is 23.7 Å². The molecule has 80 valence electrons. The van der Waals surface area contributed by atoms with Gasteiger partial charge in [-0.1, -0.05) is 18.2 Å². The maximum atomic E-state index is 9.66. The summed E-state index contributed by atoms with van der Waals surface area (Å²) in [6.07, 6.45) is -2.58. The first-order valence-electron chi connectivity index (χ1n) is 4.59. The molecule has 0 fully saturated rings. The minimum absolute atomic E-state index is 0.0398. The Kier molecular flexibility index (Phi) is 3.67. The van der Waals surface area contributed by atoms with Crippen LogP contribution in [0.4, 0.5) is 0 Å². The Bertz CT molecular complexity index is 384. The number of nitrogens with zero attached hydrogens (tertiary/aromatic N) is 1. The van der Waals surface area contributed by atoms with Gasteiger partial charge in [-0.05, 0) is 12.5 Å². The van der Waals surface area contributed by atoms with E-state index in [0.29, 0.717) is 5.56 Å². The van der Waals surface area contributed by atoms with Gasteiger partial charge in [-0.2, -0.15) is 5.26 Å². The lowest BCUT2D eigenvalue weighted by Crippen LogP contribution is -2.17. The number of aliphatic hydroxyl groups excluding tert-OH is 2. The van der Waals surface area contributed by atoms with E-state index in [2.05, 4.69) is 0 Å². The Hall–Kier alpha value is -1.57. The fraction of sp³-hybridized carbons (Fsp3) is 0.364. The Morgan fingerprint density at radius 1 is 1.40 bits per heavy atom. The van der Waals surface area contributed by atoms with Crippen molar-refractivity contribution in [1.82, 2.24) is 0 Å². The Morgan fingerprint density at radius 2 is 2.07 bits per heavy atom. The molecule has 1 rings (SSSR count). The monoisotopic (exact) mass is 207 g/mol. The van der Waals surface area contributed by atoms with E-state index >= 15 is 0 Å². The van der Waals surface area contributed by atoms with Crippen LogP contribution < -0.4 is 0 Å². The van der Waals surface area contributed by atoms with E-state index in [1.807, 2.05) is 0 Å². The third-order valence-electron chi connectivity index (χ3n) is 2.25. The van der Waals surface area contributed by atoms with Crippen LogP contribution >= 0.6 is 0 Å². The van der Waals surface area contributed by atoms with Crippen LogP contribution in [0.15, 0.2) is 18.2 Å². The summed E-state index contributed by atoms with van der Waals surface area (Å²) < 4.78 is 0. The van der Waals surface area contributed by atoms with Crippen LogP contribution in [0.2, 0.25) is 0 Å². The number of phenols is 1. The van der Waals surface area contributed by atoms with Crippen LogP contribution in [-0.2, 0) is 0 Å². The molecular formula is C11H13NO3. The third-order valence-corrected chi connectivity index (χ3v) is 2.25. The van der Waals surface area contributed by atoms with E-state index in [9.17, 15) is 15.3 Å². The number of benzene rings is 1. The van der Waals surface area contributed by atoms with Gasteiger partial charge in [0, 0.05) is 5.56 Å². The second-order valence-electron chi connectivity index (χ2n) is 3.39. The van der Waals surface area contributed by atoms with Crippen LogP contribution in [0.3, 0.4) is 0 Å². The van der Waals surface area contributed by atoms with Gasteiger partial charge in [0.05, 0.1) is 18.6 Å². The lowest BCUT2D eigenvalue weighted by atomic mass is 9.99. The summed E-state index contributed by atoms with van der Waals surface area (Å²) in [5.41, 5.74) is 0.869. The molecule has 0 bridgehead atoms. The first-order valence-corrected chi connectivity index (χ1v) is 4.59. The zero-order valence-electron chi connectivity index (χ0n) is 8.38. The van der Waals surface area contributed by atoms with E-state index in [-0.39, 0.29) is 17.7 Å². The van der Waals surface area contributed by atoms with Gasteiger partial charge >= 0.3 is 0 Å². The number of nitriles is 1. The minimum atomic E-state index is -1.23. The average Bonchev–Trinajstić information content (AvgIpc) is 2.21. The number of aliphatic hydroxyl groups is 2. The number of hydrogen-bond acceptors (Lipinski definition) is 4. The largest absolute Gasteiger partial charge is 0.507 e. The molecule has 2 unspecified atom stereocenters. The van der Waals surface area contributed by atoms with Crippen LogP contribution in [0.5, 0.6) is 5.75 Å². The van der Waals surface area contributed by atoms with Crippen molar-refractivity contribution < 1.29 is 15.3 Å². The zero-order chi connectivity index (χ0) is 11.4. The Labute approximate surface area is 88.0 Å². The van der Waals surface area contributed by atoms with Crippen molar-refractivity contribution in [2.24, 2.45) is 0 Å². The summed E-state index contributed by atoms with van der Waals surface area (Å²) in [6, 6.07) is 6.65. The molecule has 0 radical (unpaired) electrons. The molecule has 0 aromatic heterocycles. The van der Waals surface area contributed by atoms with Crippen LogP contribution in [0.25, 0.3) is 0 Å². The smallest absolute Gasteiger partial charge is 0.124 e. The molecule has 2 atom stereocenters. The zero-order valence-corrected chi connectivity index (χ0v) is 8.38. The van der Waals surface area contributed by atoms with Gasteiger partial charge in [0.25, 0.3) is 0 Å². The van der Waals surface area contributed by atoms with Crippen molar-refractivity contribution in [2.45, 2.75) is 25.6 Å².